The Morgan fingerprint density at radius 1 is 1.30 bits per heavy atom. The van der Waals surface area contributed by atoms with Gasteiger partial charge < -0.3 is 19.4 Å². The average molecular weight is 406 g/mol. The Balaban J connectivity index is 1.51. The van der Waals surface area contributed by atoms with E-state index in [0.29, 0.717) is 41.7 Å². The standard InChI is InChI=1S/C22H22N4O4/c1-3-29-19-7-5-4-6-18(19)26-12-16(11-20(26)27)21(28)24-17-10-15(9-8-14(17)2)22-25-23-13-30-22/h4-10,13,16H,3,11-12H2,1-2H3,(H,24,28). The molecule has 0 saturated carbocycles. The molecule has 1 fully saturated rings. The van der Waals surface area contributed by atoms with Gasteiger partial charge in [-0.15, -0.1) is 10.2 Å². The van der Waals surface area contributed by atoms with Crippen LogP contribution in [0.4, 0.5) is 11.4 Å². The summed E-state index contributed by atoms with van der Waals surface area (Å²) in [5, 5.41) is 10.5. The van der Waals surface area contributed by atoms with E-state index in [4.69, 9.17) is 9.15 Å². The van der Waals surface area contributed by atoms with Crippen molar-refractivity contribution in [2.75, 3.05) is 23.4 Å². The predicted molar refractivity (Wildman–Crippen MR) is 111 cm³/mol. The third-order valence-electron chi connectivity index (χ3n) is 5.05. The molecule has 8 heteroatoms. The number of rotatable bonds is 6. The van der Waals surface area contributed by atoms with Crippen LogP contribution in [0.5, 0.6) is 5.75 Å². The van der Waals surface area contributed by atoms with Crippen LogP contribution >= 0.6 is 0 Å². The van der Waals surface area contributed by atoms with E-state index in [2.05, 4.69) is 15.5 Å². The van der Waals surface area contributed by atoms with Crippen LogP contribution in [0.2, 0.25) is 0 Å². The SMILES string of the molecule is CCOc1ccccc1N1CC(C(=O)Nc2cc(-c3nnco3)ccc2C)CC1=O. The Bertz CT molecular complexity index is 1060. The van der Waals surface area contributed by atoms with E-state index in [1.165, 1.54) is 6.39 Å². The lowest BCUT2D eigenvalue weighted by Gasteiger charge is -2.20. The van der Waals surface area contributed by atoms with Crippen LogP contribution < -0.4 is 15.0 Å². The van der Waals surface area contributed by atoms with Crippen molar-refractivity contribution >= 4 is 23.2 Å². The molecule has 8 nitrogen and oxygen atoms in total. The maximum absolute atomic E-state index is 12.9. The quantitative estimate of drug-likeness (QED) is 0.674. The minimum atomic E-state index is -0.460. The van der Waals surface area contributed by atoms with Gasteiger partial charge in [-0.1, -0.05) is 18.2 Å². The van der Waals surface area contributed by atoms with Gasteiger partial charge in [0.05, 0.1) is 18.2 Å². The highest BCUT2D eigenvalue weighted by Gasteiger charge is 2.36. The number of hydrogen-bond acceptors (Lipinski definition) is 6. The van der Waals surface area contributed by atoms with Gasteiger partial charge in [-0.3, -0.25) is 9.59 Å². The van der Waals surface area contributed by atoms with Gasteiger partial charge in [0.2, 0.25) is 24.1 Å². The first-order valence-corrected chi connectivity index (χ1v) is 9.77. The number of benzene rings is 2. The molecule has 30 heavy (non-hydrogen) atoms. The highest BCUT2D eigenvalue weighted by atomic mass is 16.5. The molecule has 1 atom stereocenters. The molecule has 3 aromatic rings. The molecular formula is C22H22N4O4. The van der Waals surface area contributed by atoms with E-state index in [0.717, 1.165) is 5.56 Å². The minimum absolute atomic E-state index is 0.0985. The largest absolute Gasteiger partial charge is 0.492 e. The van der Waals surface area contributed by atoms with Gasteiger partial charge in [0.1, 0.15) is 5.75 Å². The van der Waals surface area contributed by atoms with E-state index < -0.39 is 5.92 Å². The Morgan fingerprint density at radius 3 is 2.90 bits per heavy atom. The maximum Gasteiger partial charge on any atom is 0.247 e. The summed E-state index contributed by atoms with van der Waals surface area (Å²) >= 11 is 0. The summed E-state index contributed by atoms with van der Waals surface area (Å²) < 4.78 is 10.9. The van der Waals surface area contributed by atoms with Crippen LogP contribution in [0.3, 0.4) is 0 Å². The second-order valence-corrected chi connectivity index (χ2v) is 7.07. The number of para-hydroxylation sites is 2. The highest BCUT2D eigenvalue weighted by Crippen LogP contribution is 2.33. The van der Waals surface area contributed by atoms with E-state index in [-0.39, 0.29) is 18.2 Å². The minimum Gasteiger partial charge on any atom is -0.492 e. The summed E-state index contributed by atoms with van der Waals surface area (Å²) in [6.07, 6.45) is 1.40. The summed E-state index contributed by atoms with van der Waals surface area (Å²) in [4.78, 5) is 27.2. The van der Waals surface area contributed by atoms with Crippen LogP contribution in [0.25, 0.3) is 11.5 Å². The Kier molecular flexibility index (Phi) is 5.47. The lowest BCUT2D eigenvalue weighted by Crippen LogP contribution is -2.28. The molecule has 0 aliphatic carbocycles. The third-order valence-corrected chi connectivity index (χ3v) is 5.05. The first-order chi connectivity index (χ1) is 14.6. The Hall–Kier alpha value is -3.68. The predicted octanol–water partition coefficient (Wildman–Crippen LogP) is 3.44. The number of carbonyl (C=O) groups is 2. The molecular weight excluding hydrogens is 384 g/mol. The monoisotopic (exact) mass is 406 g/mol. The van der Waals surface area contributed by atoms with Crippen molar-refractivity contribution in [1.29, 1.82) is 0 Å². The van der Waals surface area contributed by atoms with E-state index in [1.807, 2.05) is 50.2 Å². The average Bonchev–Trinajstić information content (AvgIpc) is 3.40. The smallest absolute Gasteiger partial charge is 0.247 e. The third kappa shape index (κ3) is 3.89. The molecule has 1 saturated heterocycles. The summed E-state index contributed by atoms with van der Waals surface area (Å²) in [7, 11) is 0. The number of aromatic nitrogens is 2. The van der Waals surface area contributed by atoms with Gasteiger partial charge in [0.15, 0.2) is 0 Å². The topological polar surface area (TPSA) is 97.6 Å². The van der Waals surface area contributed by atoms with Crippen molar-refractivity contribution in [2.24, 2.45) is 5.92 Å². The van der Waals surface area contributed by atoms with Crippen LogP contribution in [0, 0.1) is 12.8 Å². The zero-order chi connectivity index (χ0) is 21.1. The number of hydrogen-bond donors (Lipinski definition) is 1. The fourth-order valence-electron chi connectivity index (χ4n) is 3.50. The summed E-state index contributed by atoms with van der Waals surface area (Å²) in [6, 6.07) is 12.9. The van der Waals surface area contributed by atoms with Crippen molar-refractivity contribution in [3.05, 3.63) is 54.4 Å². The fourth-order valence-corrected chi connectivity index (χ4v) is 3.50. The molecule has 0 radical (unpaired) electrons. The van der Waals surface area contributed by atoms with Crippen LogP contribution in [-0.4, -0.2) is 35.2 Å². The highest BCUT2D eigenvalue weighted by molar-refractivity contribution is 6.04. The van der Waals surface area contributed by atoms with Gasteiger partial charge in [-0.25, -0.2) is 0 Å². The molecule has 2 heterocycles. The molecule has 0 bridgehead atoms. The Labute approximate surface area is 173 Å². The molecule has 2 amide bonds. The number of ether oxygens (including phenoxy) is 1. The van der Waals surface area contributed by atoms with Crippen LogP contribution in [0.15, 0.2) is 53.3 Å². The van der Waals surface area contributed by atoms with Crippen molar-refractivity contribution in [2.45, 2.75) is 20.3 Å². The first kappa shape index (κ1) is 19.6. The maximum atomic E-state index is 12.9. The number of carbonyl (C=O) groups excluding carboxylic acids is 2. The van der Waals surface area contributed by atoms with Gasteiger partial charge in [-0.2, -0.15) is 0 Å². The molecule has 1 aliphatic rings. The number of amides is 2. The van der Waals surface area contributed by atoms with E-state index in [1.54, 1.807) is 11.0 Å². The lowest BCUT2D eigenvalue weighted by molar-refractivity contribution is -0.122. The molecule has 1 aromatic heterocycles. The normalized spacial score (nSPS) is 16.0. The Morgan fingerprint density at radius 2 is 2.13 bits per heavy atom. The van der Waals surface area contributed by atoms with E-state index >= 15 is 0 Å². The first-order valence-electron chi connectivity index (χ1n) is 9.77. The lowest BCUT2D eigenvalue weighted by atomic mass is 10.1. The van der Waals surface area contributed by atoms with Crippen molar-refractivity contribution < 1.29 is 18.7 Å². The van der Waals surface area contributed by atoms with Crippen molar-refractivity contribution in [3.8, 4) is 17.2 Å². The molecule has 1 aliphatic heterocycles. The van der Waals surface area contributed by atoms with E-state index in [9.17, 15) is 9.59 Å². The van der Waals surface area contributed by atoms with Gasteiger partial charge in [0, 0.05) is 24.2 Å². The summed E-state index contributed by atoms with van der Waals surface area (Å²) in [5.41, 5.74) is 2.95. The van der Waals surface area contributed by atoms with Gasteiger partial charge >= 0.3 is 0 Å². The number of aryl methyl sites for hydroxylation is 1. The fraction of sp³-hybridized carbons (Fsp3) is 0.273. The zero-order valence-electron chi connectivity index (χ0n) is 16.8. The molecule has 1 N–H and O–H groups in total. The summed E-state index contributed by atoms with van der Waals surface area (Å²) in [6.45, 7) is 4.59. The molecule has 1 unspecified atom stereocenters. The van der Waals surface area contributed by atoms with Crippen LogP contribution in [0.1, 0.15) is 18.9 Å². The molecule has 0 spiro atoms. The number of nitrogens with zero attached hydrogens (tertiary/aromatic N) is 3. The summed E-state index contributed by atoms with van der Waals surface area (Å²) in [5.74, 6) is 0.251. The zero-order valence-corrected chi connectivity index (χ0v) is 16.8. The number of anilines is 2. The second kappa shape index (κ2) is 8.36. The molecule has 2 aromatic carbocycles. The van der Waals surface area contributed by atoms with Gasteiger partial charge in [0.25, 0.3) is 0 Å². The van der Waals surface area contributed by atoms with Crippen LogP contribution in [-0.2, 0) is 9.59 Å². The number of nitrogens with one attached hydrogen (secondary N) is 1. The van der Waals surface area contributed by atoms with Crippen molar-refractivity contribution in [3.63, 3.8) is 0 Å². The molecule has 154 valence electrons. The second-order valence-electron chi connectivity index (χ2n) is 7.07. The molecule has 4 rings (SSSR count). The van der Waals surface area contributed by atoms with Gasteiger partial charge in [-0.05, 0) is 43.7 Å². The van der Waals surface area contributed by atoms with Crippen molar-refractivity contribution in [1.82, 2.24) is 10.2 Å².